The third-order valence-electron chi connectivity index (χ3n) is 6.14. The third-order valence-corrected chi connectivity index (χ3v) is 6.14. The van der Waals surface area contributed by atoms with Crippen LogP contribution >= 0.6 is 0 Å². The molecule has 2 unspecified atom stereocenters. The summed E-state index contributed by atoms with van der Waals surface area (Å²) in [6.07, 6.45) is -5.01. The van der Waals surface area contributed by atoms with Gasteiger partial charge >= 0.3 is 6.18 Å². The van der Waals surface area contributed by atoms with Crippen LogP contribution in [0.15, 0.2) is 52.6 Å². The number of rotatable bonds is 9. The predicted molar refractivity (Wildman–Crippen MR) is 132 cm³/mol. The molecule has 0 amide bonds. The first-order valence-corrected chi connectivity index (χ1v) is 11.9. The van der Waals surface area contributed by atoms with Crippen LogP contribution in [0.5, 0.6) is 0 Å². The average molecular weight is 568 g/mol. The number of nitrogens with one attached hydrogen (secondary N) is 2. The maximum absolute atomic E-state index is 14.9. The topological polar surface area (TPSA) is 126 Å². The molecule has 212 valence electrons. The number of hydrogen-bond acceptors (Lipinski definition) is 7. The van der Waals surface area contributed by atoms with Crippen molar-refractivity contribution in [2.75, 3.05) is 5.32 Å². The van der Waals surface area contributed by atoms with Crippen molar-refractivity contribution in [3.05, 3.63) is 80.6 Å². The van der Waals surface area contributed by atoms with Crippen molar-refractivity contribution < 1.29 is 31.4 Å². The first-order chi connectivity index (χ1) is 18.9. The Hall–Kier alpha value is -4.27. The minimum Gasteiger partial charge on any atom is -0.382 e. The molecule has 0 saturated heterocycles. The monoisotopic (exact) mass is 568 g/mol. The van der Waals surface area contributed by atoms with Crippen molar-refractivity contribution in [2.24, 2.45) is 0 Å². The Morgan fingerprint density at radius 2 is 1.82 bits per heavy atom. The van der Waals surface area contributed by atoms with Crippen LogP contribution in [0.1, 0.15) is 37.0 Å². The molecule has 0 spiro atoms. The number of anilines is 1. The number of aromatic nitrogens is 5. The number of nitrogens with zero attached hydrogens (tertiary/aromatic N) is 4. The first-order valence-electron chi connectivity index (χ1n) is 11.9. The summed E-state index contributed by atoms with van der Waals surface area (Å²) in [5.74, 6) is -0.950. The third kappa shape index (κ3) is 6.14. The maximum Gasteiger partial charge on any atom is 0.423 e. The summed E-state index contributed by atoms with van der Waals surface area (Å²) in [6, 6.07) is 3.41. The fraction of sp³-hybridized carbons (Fsp3) is 0.320. The zero-order valence-corrected chi connectivity index (χ0v) is 20.7. The number of aliphatic hydroxyl groups is 1. The largest absolute Gasteiger partial charge is 0.423 e. The van der Waals surface area contributed by atoms with Gasteiger partial charge in [-0.15, -0.1) is 0 Å². The summed E-state index contributed by atoms with van der Waals surface area (Å²) < 4.78 is 81.3. The molecule has 0 bridgehead atoms. The van der Waals surface area contributed by atoms with E-state index in [9.17, 15) is 41.0 Å². The zero-order valence-electron chi connectivity index (χ0n) is 20.7. The van der Waals surface area contributed by atoms with Gasteiger partial charge in [-0.1, -0.05) is 0 Å². The van der Waals surface area contributed by atoms with Gasteiger partial charge in [0.25, 0.3) is 17.5 Å². The number of halogens is 6. The normalized spacial score (nSPS) is 13.5. The van der Waals surface area contributed by atoms with Crippen molar-refractivity contribution >= 4 is 16.5 Å². The summed E-state index contributed by atoms with van der Waals surface area (Å²) in [4.78, 5) is 32.3. The van der Waals surface area contributed by atoms with Crippen LogP contribution in [-0.2, 0) is 12.7 Å². The average Bonchev–Trinajstić information content (AvgIpc) is 2.89. The standard InChI is InChI=1S/C25H22F6N6O3/c1-12(35-18-11-34-36-23(39)19(18)25(29,30)31)3-2-5-37-6-4-13-7-16(17(26)8-15(13)24(37)40)22-32-9-14(10-33-22)20(38)21(27)28/h4,6-12,20-21,38H,2-3,5H2,1H3,(H2,35,36,39). The van der Waals surface area contributed by atoms with Gasteiger partial charge in [0, 0.05) is 36.7 Å². The van der Waals surface area contributed by atoms with Crippen molar-refractivity contribution in [3.8, 4) is 11.4 Å². The Morgan fingerprint density at radius 1 is 1.12 bits per heavy atom. The lowest BCUT2D eigenvalue weighted by Gasteiger charge is -2.18. The molecule has 4 rings (SSSR count). The summed E-state index contributed by atoms with van der Waals surface area (Å²) >= 11 is 0. The molecule has 9 nitrogen and oxygen atoms in total. The van der Waals surface area contributed by atoms with Gasteiger partial charge in [-0.3, -0.25) is 9.59 Å². The van der Waals surface area contributed by atoms with Gasteiger partial charge < -0.3 is 15.0 Å². The minimum atomic E-state index is -4.88. The lowest BCUT2D eigenvalue weighted by Crippen LogP contribution is -2.27. The number of hydrogen-bond donors (Lipinski definition) is 3. The number of fused-ring (bicyclic) bond motifs is 1. The second-order valence-corrected chi connectivity index (χ2v) is 9.03. The highest BCUT2D eigenvalue weighted by atomic mass is 19.4. The van der Waals surface area contributed by atoms with Crippen LogP contribution in [0.2, 0.25) is 0 Å². The first kappa shape index (κ1) is 28.7. The second-order valence-electron chi connectivity index (χ2n) is 9.03. The summed E-state index contributed by atoms with van der Waals surface area (Å²) in [6.45, 7) is 1.80. The van der Waals surface area contributed by atoms with Gasteiger partial charge in [0.15, 0.2) is 5.82 Å². The van der Waals surface area contributed by atoms with Gasteiger partial charge in [0.05, 0.1) is 22.8 Å². The second kappa shape index (κ2) is 11.5. The molecule has 0 saturated carbocycles. The summed E-state index contributed by atoms with van der Waals surface area (Å²) in [5, 5.41) is 17.6. The van der Waals surface area contributed by atoms with Crippen molar-refractivity contribution in [2.45, 2.75) is 51.1 Å². The van der Waals surface area contributed by atoms with E-state index in [1.807, 2.05) is 0 Å². The fourth-order valence-corrected chi connectivity index (χ4v) is 4.12. The van der Waals surface area contributed by atoms with E-state index in [0.29, 0.717) is 18.2 Å². The van der Waals surface area contributed by atoms with Crippen LogP contribution in [-0.4, -0.2) is 42.3 Å². The maximum atomic E-state index is 14.9. The highest BCUT2D eigenvalue weighted by Crippen LogP contribution is 2.32. The number of aryl methyl sites for hydroxylation is 1. The lowest BCUT2D eigenvalue weighted by molar-refractivity contribution is -0.138. The van der Waals surface area contributed by atoms with E-state index in [1.54, 1.807) is 18.1 Å². The number of aliphatic hydroxyl groups excluding tert-OH is 1. The van der Waals surface area contributed by atoms with E-state index < -0.39 is 52.9 Å². The minimum absolute atomic E-state index is 0.0593. The molecule has 15 heteroatoms. The van der Waals surface area contributed by atoms with Crippen LogP contribution in [0.3, 0.4) is 0 Å². The van der Waals surface area contributed by atoms with E-state index in [0.717, 1.165) is 24.7 Å². The molecule has 0 aliphatic carbocycles. The molecule has 40 heavy (non-hydrogen) atoms. The van der Waals surface area contributed by atoms with Gasteiger partial charge in [-0.05, 0) is 43.4 Å². The van der Waals surface area contributed by atoms with Crippen LogP contribution in [0.25, 0.3) is 22.2 Å². The zero-order chi connectivity index (χ0) is 29.2. The van der Waals surface area contributed by atoms with Crippen LogP contribution < -0.4 is 16.4 Å². The van der Waals surface area contributed by atoms with Gasteiger partial charge in [0.1, 0.15) is 17.5 Å². The molecule has 3 heterocycles. The van der Waals surface area contributed by atoms with Crippen LogP contribution in [0.4, 0.5) is 32.0 Å². The summed E-state index contributed by atoms with van der Waals surface area (Å²) in [5.41, 5.74) is -4.01. The Kier molecular flexibility index (Phi) is 8.23. The van der Waals surface area contributed by atoms with Crippen molar-refractivity contribution in [3.63, 3.8) is 0 Å². The van der Waals surface area contributed by atoms with E-state index in [4.69, 9.17) is 0 Å². The number of aromatic amines is 1. The van der Waals surface area contributed by atoms with Crippen molar-refractivity contribution in [1.82, 2.24) is 24.7 Å². The molecule has 1 aromatic carbocycles. The highest BCUT2D eigenvalue weighted by molar-refractivity contribution is 5.86. The molecule has 0 aliphatic rings. The fourth-order valence-electron chi connectivity index (χ4n) is 4.12. The number of alkyl halides is 5. The highest BCUT2D eigenvalue weighted by Gasteiger charge is 2.37. The summed E-state index contributed by atoms with van der Waals surface area (Å²) in [7, 11) is 0. The van der Waals surface area contributed by atoms with Gasteiger partial charge in [-0.25, -0.2) is 28.2 Å². The van der Waals surface area contributed by atoms with Gasteiger partial charge in [-0.2, -0.15) is 18.3 Å². The molecule has 4 aromatic rings. The molecule has 3 aromatic heterocycles. The van der Waals surface area contributed by atoms with Gasteiger partial charge in [0.2, 0.25) is 0 Å². The molecule has 0 radical (unpaired) electrons. The lowest BCUT2D eigenvalue weighted by atomic mass is 10.1. The quantitative estimate of drug-likeness (QED) is 0.258. The molecule has 0 fully saturated rings. The van der Waals surface area contributed by atoms with E-state index >= 15 is 0 Å². The number of pyridine rings is 1. The number of benzene rings is 1. The molecule has 0 aliphatic heterocycles. The molecule has 3 N–H and O–H groups in total. The Bertz CT molecular complexity index is 1620. The van der Waals surface area contributed by atoms with E-state index in [1.165, 1.54) is 16.8 Å². The Labute approximate surface area is 221 Å². The molecular formula is C25H22F6N6O3. The molecular weight excluding hydrogens is 546 g/mol. The molecule has 2 atom stereocenters. The SMILES string of the molecule is CC(CCCn1ccc2cc(-c3ncc(C(O)C(F)F)cn3)c(F)cc2c1=O)Nc1cn[nH]c(=O)c1C(F)(F)F. The van der Waals surface area contributed by atoms with Crippen molar-refractivity contribution in [1.29, 1.82) is 0 Å². The Balaban J connectivity index is 1.47. The van der Waals surface area contributed by atoms with Crippen LogP contribution in [0, 0.1) is 5.82 Å². The predicted octanol–water partition coefficient (Wildman–Crippen LogP) is 4.28. The smallest absolute Gasteiger partial charge is 0.382 e. The van der Waals surface area contributed by atoms with E-state index in [2.05, 4.69) is 20.4 Å². The van der Waals surface area contributed by atoms with E-state index in [-0.39, 0.29) is 28.9 Å². The number of H-pyrrole nitrogens is 1. The Morgan fingerprint density at radius 3 is 2.48 bits per heavy atom.